The number of benzene rings is 2. The van der Waals surface area contributed by atoms with Crippen molar-refractivity contribution in [1.82, 2.24) is 25.1 Å². The second-order valence-electron chi connectivity index (χ2n) is 8.04. The predicted octanol–water partition coefficient (Wildman–Crippen LogP) is 2.92. The Balaban J connectivity index is 1.47. The highest BCUT2D eigenvalue weighted by Crippen LogP contribution is 2.36. The number of amides is 1. The molecule has 1 atom stereocenters. The summed E-state index contributed by atoms with van der Waals surface area (Å²) in [5, 5.41) is 11.1. The molecule has 1 unspecified atom stereocenters. The van der Waals surface area contributed by atoms with Crippen LogP contribution in [0.25, 0.3) is 5.69 Å². The lowest BCUT2D eigenvalue weighted by Gasteiger charge is -2.41. The van der Waals surface area contributed by atoms with Crippen LogP contribution in [0, 0.1) is 5.41 Å². The van der Waals surface area contributed by atoms with Crippen molar-refractivity contribution in [3.63, 3.8) is 0 Å². The average Bonchev–Trinajstić information content (AvgIpc) is 3.40. The Kier molecular flexibility index (Phi) is 6.97. The molecule has 0 aliphatic carbocycles. The van der Waals surface area contributed by atoms with Gasteiger partial charge in [-0.3, -0.25) is 9.59 Å². The molecule has 1 aromatic heterocycles. The average molecular weight is 450 g/mol. The van der Waals surface area contributed by atoms with Crippen LogP contribution in [0.1, 0.15) is 36.5 Å². The molecule has 2 aromatic carbocycles. The number of likely N-dealkylation sites (tertiary alicyclic amines) is 1. The molecule has 2 heterocycles. The smallest absolute Gasteiger partial charge is 0.314 e. The third-order valence-corrected chi connectivity index (χ3v) is 5.89. The van der Waals surface area contributed by atoms with Gasteiger partial charge in [0.15, 0.2) is 0 Å². The lowest BCUT2D eigenvalue weighted by atomic mass is 9.77. The molecule has 0 N–H and O–H groups in total. The summed E-state index contributed by atoms with van der Waals surface area (Å²) >= 11 is 0. The fourth-order valence-corrected chi connectivity index (χ4v) is 4.16. The highest BCUT2D eigenvalue weighted by molar-refractivity contribution is 5.95. The lowest BCUT2D eigenvalue weighted by Crippen LogP contribution is -2.51. The van der Waals surface area contributed by atoms with Gasteiger partial charge in [0.1, 0.15) is 12.1 Å². The van der Waals surface area contributed by atoms with E-state index in [0.29, 0.717) is 44.7 Å². The summed E-state index contributed by atoms with van der Waals surface area (Å²) in [4.78, 5) is 28.0. The molecule has 9 nitrogen and oxygen atoms in total. The SMILES string of the molecule is CCOC(=O)C1(CCOc2ccccc2)CCCN(C(=O)c2ccc(-n3cnnn3)cc2)C1. The molecule has 1 aliphatic rings. The van der Waals surface area contributed by atoms with Gasteiger partial charge in [0.25, 0.3) is 5.91 Å². The quantitative estimate of drug-likeness (QED) is 0.488. The third-order valence-electron chi connectivity index (χ3n) is 5.89. The van der Waals surface area contributed by atoms with E-state index in [9.17, 15) is 9.59 Å². The summed E-state index contributed by atoms with van der Waals surface area (Å²) in [5.41, 5.74) is 0.520. The number of ether oxygens (including phenoxy) is 2. The number of para-hydroxylation sites is 1. The standard InChI is InChI=1S/C24H27N5O4/c1-2-32-23(31)24(14-16-33-21-7-4-3-5-8-21)13-6-15-28(17-24)22(30)19-9-11-20(12-10-19)29-18-25-26-27-29/h3-5,7-12,18H,2,6,13-17H2,1H3. The van der Waals surface area contributed by atoms with E-state index in [4.69, 9.17) is 9.47 Å². The van der Waals surface area contributed by atoms with Crippen molar-refractivity contribution >= 4 is 11.9 Å². The number of hydrogen-bond acceptors (Lipinski definition) is 7. The van der Waals surface area contributed by atoms with Crippen molar-refractivity contribution in [2.45, 2.75) is 26.2 Å². The van der Waals surface area contributed by atoms with Crippen molar-refractivity contribution in [3.8, 4) is 11.4 Å². The summed E-state index contributed by atoms with van der Waals surface area (Å²) in [6, 6.07) is 16.6. The first-order chi connectivity index (χ1) is 16.1. The summed E-state index contributed by atoms with van der Waals surface area (Å²) in [6.45, 7) is 3.36. The number of aromatic nitrogens is 4. The summed E-state index contributed by atoms with van der Waals surface area (Å²) in [6.07, 6.45) is 3.35. The van der Waals surface area contributed by atoms with E-state index in [1.54, 1.807) is 36.1 Å². The van der Waals surface area contributed by atoms with Gasteiger partial charge in [-0.2, -0.15) is 0 Å². The van der Waals surface area contributed by atoms with Crippen LogP contribution in [-0.2, 0) is 9.53 Å². The Morgan fingerprint density at radius 1 is 1.09 bits per heavy atom. The maximum absolute atomic E-state index is 13.3. The molecule has 33 heavy (non-hydrogen) atoms. The van der Waals surface area contributed by atoms with Crippen LogP contribution in [0.15, 0.2) is 60.9 Å². The maximum atomic E-state index is 13.3. The van der Waals surface area contributed by atoms with Gasteiger partial charge in [0.2, 0.25) is 0 Å². The monoisotopic (exact) mass is 449 g/mol. The molecule has 0 saturated carbocycles. The molecule has 1 amide bonds. The number of tetrazole rings is 1. The molecule has 4 rings (SSSR count). The third kappa shape index (κ3) is 5.19. The van der Waals surface area contributed by atoms with Gasteiger partial charge in [0.05, 0.1) is 24.3 Å². The Bertz CT molecular complexity index is 1060. The van der Waals surface area contributed by atoms with Crippen LogP contribution < -0.4 is 4.74 Å². The van der Waals surface area contributed by atoms with Crippen LogP contribution in [0.5, 0.6) is 5.75 Å². The summed E-state index contributed by atoms with van der Waals surface area (Å²) in [5.74, 6) is 0.367. The first-order valence-electron chi connectivity index (χ1n) is 11.1. The highest BCUT2D eigenvalue weighted by Gasteiger charge is 2.44. The van der Waals surface area contributed by atoms with E-state index in [-0.39, 0.29) is 11.9 Å². The van der Waals surface area contributed by atoms with Crippen LogP contribution in [0.4, 0.5) is 0 Å². The zero-order valence-electron chi connectivity index (χ0n) is 18.6. The number of carbonyl (C=O) groups is 2. The molecule has 172 valence electrons. The fourth-order valence-electron chi connectivity index (χ4n) is 4.16. The molecule has 1 aliphatic heterocycles. The van der Waals surface area contributed by atoms with E-state index in [1.165, 1.54) is 11.0 Å². The zero-order valence-corrected chi connectivity index (χ0v) is 18.6. The van der Waals surface area contributed by atoms with E-state index in [2.05, 4.69) is 15.5 Å². The number of hydrogen-bond donors (Lipinski definition) is 0. The molecule has 0 radical (unpaired) electrons. The van der Waals surface area contributed by atoms with E-state index in [0.717, 1.165) is 17.9 Å². The Morgan fingerprint density at radius 3 is 2.58 bits per heavy atom. The lowest BCUT2D eigenvalue weighted by molar-refractivity contribution is -0.159. The largest absolute Gasteiger partial charge is 0.494 e. The van der Waals surface area contributed by atoms with Crippen molar-refractivity contribution in [2.75, 3.05) is 26.3 Å². The van der Waals surface area contributed by atoms with Gasteiger partial charge in [-0.25, -0.2) is 4.68 Å². The van der Waals surface area contributed by atoms with Crippen LogP contribution in [-0.4, -0.2) is 63.3 Å². The Labute approximate surface area is 192 Å². The Hall–Kier alpha value is -3.75. The number of piperidine rings is 1. The molecular weight excluding hydrogens is 422 g/mol. The molecule has 1 fully saturated rings. The van der Waals surface area contributed by atoms with E-state index >= 15 is 0 Å². The van der Waals surface area contributed by atoms with Crippen LogP contribution in [0.3, 0.4) is 0 Å². The second-order valence-corrected chi connectivity index (χ2v) is 8.04. The number of esters is 1. The number of carbonyl (C=O) groups excluding carboxylic acids is 2. The van der Waals surface area contributed by atoms with Crippen LogP contribution >= 0.6 is 0 Å². The van der Waals surface area contributed by atoms with Crippen molar-refractivity contribution in [2.24, 2.45) is 5.41 Å². The van der Waals surface area contributed by atoms with Gasteiger partial charge in [-0.05, 0) is 73.0 Å². The first kappa shape index (κ1) is 22.4. The first-order valence-corrected chi connectivity index (χ1v) is 11.1. The minimum Gasteiger partial charge on any atom is -0.494 e. The zero-order chi connectivity index (χ0) is 23.1. The fraction of sp³-hybridized carbons (Fsp3) is 0.375. The van der Waals surface area contributed by atoms with Gasteiger partial charge >= 0.3 is 5.97 Å². The van der Waals surface area contributed by atoms with Crippen molar-refractivity contribution in [3.05, 3.63) is 66.5 Å². The maximum Gasteiger partial charge on any atom is 0.314 e. The predicted molar refractivity (Wildman–Crippen MR) is 120 cm³/mol. The molecular formula is C24H27N5O4. The Morgan fingerprint density at radius 2 is 1.88 bits per heavy atom. The number of nitrogens with zero attached hydrogens (tertiary/aromatic N) is 5. The van der Waals surface area contributed by atoms with Gasteiger partial charge in [-0.1, -0.05) is 18.2 Å². The number of rotatable bonds is 8. The molecule has 1 saturated heterocycles. The van der Waals surface area contributed by atoms with Crippen molar-refractivity contribution in [1.29, 1.82) is 0 Å². The molecule has 9 heteroatoms. The normalized spacial score (nSPS) is 18.0. The summed E-state index contributed by atoms with van der Waals surface area (Å²) in [7, 11) is 0. The van der Waals surface area contributed by atoms with Gasteiger partial charge in [-0.15, -0.1) is 5.10 Å². The van der Waals surface area contributed by atoms with E-state index in [1.807, 2.05) is 30.3 Å². The van der Waals surface area contributed by atoms with Gasteiger partial charge < -0.3 is 14.4 Å². The second kappa shape index (κ2) is 10.2. The topological polar surface area (TPSA) is 99.4 Å². The van der Waals surface area contributed by atoms with Crippen molar-refractivity contribution < 1.29 is 19.1 Å². The molecule has 3 aromatic rings. The van der Waals surface area contributed by atoms with Crippen LogP contribution in [0.2, 0.25) is 0 Å². The van der Waals surface area contributed by atoms with E-state index < -0.39 is 5.41 Å². The minimum absolute atomic E-state index is 0.115. The molecule has 0 spiro atoms. The van der Waals surface area contributed by atoms with Gasteiger partial charge in [0, 0.05) is 18.7 Å². The summed E-state index contributed by atoms with van der Waals surface area (Å²) < 4.78 is 12.8. The molecule has 0 bridgehead atoms. The highest BCUT2D eigenvalue weighted by atomic mass is 16.5. The minimum atomic E-state index is -0.787.